The minimum atomic E-state index is -0.253. The minimum Gasteiger partial charge on any atom is -0.359 e. The molecule has 176 valence electrons. The number of rotatable bonds is 3. The second-order valence-electron chi connectivity index (χ2n) is 9.68. The highest BCUT2D eigenvalue weighted by Gasteiger charge is 2.36. The fraction of sp³-hybridized carbons (Fsp3) is 0.379. The second-order valence-corrected chi connectivity index (χ2v) is 9.68. The molecule has 1 aromatic heterocycles. The molecule has 2 aromatic rings. The lowest BCUT2D eigenvalue weighted by atomic mass is 9.75. The summed E-state index contributed by atoms with van der Waals surface area (Å²) < 4.78 is 13.1. The van der Waals surface area contributed by atoms with Crippen molar-refractivity contribution in [2.75, 3.05) is 6.54 Å². The van der Waals surface area contributed by atoms with Crippen LogP contribution in [0.2, 0.25) is 0 Å². The number of hydrogen-bond donors (Lipinski definition) is 1. The van der Waals surface area contributed by atoms with E-state index in [2.05, 4.69) is 55.0 Å². The Balaban J connectivity index is 1.43. The molecular formula is C29H33FN3O+. The van der Waals surface area contributed by atoms with E-state index in [0.29, 0.717) is 13.0 Å². The molecule has 4 rings (SSSR count). The fourth-order valence-electron chi connectivity index (χ4n) is 5.16. The third-order valence-electron chi connectivity index (χ3n) is 6.96. The Morgan fingerprint density at radius 1 is 1.32 bits per heavy atom. The van der Waals surface area contributed by atoms with Crippen molar-refractivity contribution in [3.8, 4) is 6.07 Å². The van der Waals surface area contributed by atoms with E-state index in [1.165, 1.54) is 23.3 Å². The molecule has 1 aliphatic carbocycles. The van der Waals surface area contributed by atoms with Gasteiger partial charge in [0.1, 0.15) is 11.9 Å². The first-order valence-corrected chi connectivity index (χ1v) is 12.0. The van der Waals surface area contributed by atoms with Crippen LogP contribution >= 0.6 is 0 Å². The van der Waals surface area contributed by atoms with Crippen molar-refractivity contribution in [1.82, 2.24) is 9.88 Å². The second kappa shape index (κ2) is 9.85. The van der Waals surface area contributed by atoms with Crippen molar-refractivity contribution < 1.29 is 9.18 Å². The topological polar surface area (TPSA) is 40.5 Å². The van der Waals surface area contributed by atoms with Crippen LogP contribution in [0.3, 0.4) is 0 Å². The lowest BCUT2D eigenvalue weighted by Gasteiger charge is -2.29. The molecular weight excluding hydrogens is 425 g/mol. The Bertz CT molecular complexity index is 1210. The van der Waals surface area contributed by atoms with Gasteiger partial charge in [-0.25, -0.2) is 9.29 Å². The zero-order valence-corrected chi connectivity index (χ0v) is 20.3. The normalized spacial score (nSPS) is 21.2. The van der Waals surface area contributed by atoms with Crippen LogP contribution in [0.5, 0.6) is 0 Å². The molecule has 3 unspecified atom stereocenters. The summed E-state index contributed by atoms with van der Waals surface area (Å²) in [5.74, 6) is 0.0177. The Morgan fingerprint density at radius 3 is 2.79 bits per heavy atom. The van der Waals surface area contributed by atoms with E-state index in [-0.39, 0.29) is 29.7 Å². The van der Waals surface area contributed by atoms with Gasteiger partial charge in [-0.3, -0.25) is 0 Å². The number of carbonyl (C=O) groups excluding carboxylic acids is 1. The molecule has 5 heteroatoms. The van der Waals surface area contributed by atoms with E-state index < -0.39 is 0 Å². The number of aromatic amines is 1. The van der Waals surface area contributed by atoms with Crippen molar-refractivity contribution >= 4 is 11.6 Å². The Kier molecular flexibility index (Phi) is 6.88. The molecule has 0 bridgehead atoms. The lowest BCUT2D eigenvalue weighted by Crippen LogP contribution is -2.36. The van der Waals surface area contributed by atoms with Gasteiger partial charge in [-0.2, -0.15) is 4.79 Å². The van der Waals surface area contributed by atoms with Crippen LogP contribution in [0.1, 0.15) is 73.9 Å². The van der Waals surface area contributed by atoms with E-state index in [4.69, 9.17) is 0 Å². The third kappa shape index (κ3) is 4.92. The highest BCUT2D eigenvalue weighted by Crippen LogP contribution is 2.46. The van der Waals surface area contributed by atoms with Crippen molar-refractivity contribution in [3.05, 3.63) is 93.9 Å². The number of carbonyl (C=O) groups is 1. The summed E-state index contributed by atoms with van der Waals surface area (Å²) in [6.07, 6.45) is 5.15. The highest BCUT2D eigenvalue weighted by atomic mass is 19.1. The first kappa shape index (κ1) is 23.8. The van der Waals surface area contributed by atoms with Crippen LogP contribution in [0.25, 0.3) is 10.4 Å². The Labute approximate surface area is 201 Å². The van der Waals surface area contributed by atoms with Crippen LogP contribution in [-0.4, -0.2) is 28.5 Å². The van der Waals surface area contributed by atoms with Crippen molar-refractivity contribution in [2.24, 2.45) is 0 Å². The van der Waals surface area contributed by atoms with Crippen molar-refractivity contribution in [2.45, 2.75) is 64.3 Å². The van der Waals surface area contributed by atoms with Crippen LogP contribution in [0.15, 0.2) is 60.7 Å². The van der Waals surface area contributed by atoms with Crippen LogP contribution in [0.4, 0.5) is 9.18 Å². The standard InChI is InChI=1S/C29H33FN3O/c1-18(23-8-10-25(30)11-9-23)12-13-31-29(34)33-14-6-7-24(17-22(33)5)27-19(2)15-20(3)28-26(27)16-21(4)32-28/h7-11,16,18,22,27,32H,2-3,6,12,14-15,17H2,1,4-5H3/q+1. The SMILES string of the molecule is C=C1CC(=C)C(C2=CCCN(C(=O)[N+]#CCC(C)c3ccc(F)cc3)C(C)C2)c2cc(C)[nH]c21. The molecule has 1 aromatic carbocycles. The number of amides is 2. The molecule has 34 heavy (non-hydrogen) atoms. The molecule has 0 radical (unpaired) electrons. The summed E-state index contributed by atoms with van der Waals surface area (Å²) in [6.45, 7) is 15.4. The van der Waals surface area contributed by atoms with Crippen LogP contribution in [0, 0.1) is 18.8 Å². The zero-order valence-electron chi connectivity index (χ0n) is 20.3. The molecule has 0 saturated carbocycles. The number of urea groups is 1. The summed E-state index contributed by atoms with van der Waals surface area (Å²) in [4.78, 5) is 22.3. The van der Waals surface area contributed by atoms with Gasteiger partial charge >= 0.3 is 6.03 Å². The molecule has 2 amide bonds. The monoisotopic (exact) mass is 458 g/mol. The predicted octanol–water partition coefficient (Wildman–Crippen LogP) is 7.58. The molecule has 0 fully saturated rings. The smallest absolute Gasteiger partial charge is 0.359 e. The van der Waals surface area contributed by atoms with Crippen molar-refractivity contribution in [1.29, 1.82) is 0 Å². The van der Waals surface area contributed by atoms with Crippen molar-refractivity contribution in [3.63, 3.8) is 0 Å². The third-order valence-corrected chi connectivity index (χ3v) is 6.96. The number of aromatic nitrogens is 1. The van der Waals surface area contributed by atoms with E-state index in [0.717, 1.165) is 47.4 Å². The molecule has 3 atom stereocenters. The maximum absolute atomic E-state index is 13.1. The Hall–Kier alpha value is -3.39. The van der Waals surface area contributed by atoms with E-state index >= 15 is 0 Å². The average molecular weight is 459 g/mol. The van der Waals surface area contributed by atoms with Gasteiger partial charge in [0.25, 0.3) is 0 Å². The number of halogens is 1. The number of hydrogen-bond acceptors (Lipinski definition) is 1. The summed E-state index contributed by atoms with van der Waals surface area (Å²) in [5, 5.41) is 0. The van der Waals surface area contributed by atoms with Gasteiger partial charge in [0.2, 0.25) is 0 Å². The number of fused-ring (bicyclic) bond motifs is 1. The molecule has 0 spiro atoms. The number of benzene rings is 1. The molecule has 0 saturated heterocycles. The quantitative estimate of drug-likeness (QED) is 0.473. The molecule has 1 aliphatic heterocycles. The summed E-state index contributed by atoms with van der Waals surface area (Å²) in [7, 11) is 0. The fourth-order valence-corrected chi connectivity index (χ4v) is 5.16. The maximum atomic E-state index is 13.1. The van der Waals surface area contributed by atoms with Gasteiger partial charge in [0, 0.05) is 30.1 Å². The summed E-state index contributed by atoms with van der Waals surface area (Å²) in [5.41, 5.74) is 8.08. The number of allylic oxidation sites excluding steroid dienone is 2. The largest absolute Gasteiger partial charge is 0.600 e. The summed E-state index contributed by atoms with van der Waals surface area (Å²) in [6, 6.07) is 11.3. The van der Waals surface area contributed by atoms with Crippen LogP contribution < -0.4 is 0 Å². The van der Waals surface area contributed by atoms with Gasteiger partial charge in [0.15, 0.2) is 6.07 Å². The number of H-pyrrole nitrogens is 1. The van der Waals surface area contributed by atoms with Gasteiger partial charge in [-0.15, -0.1) is 4.85 Å². The number of aryl methyl sites for hydroxylation is 1. The molecule has 2 heterocycles. The Morgan fingerprint density at radius 2 is 2.06 bits per heavy atom. The number of nitrogens with zero attached hydrogens (tertiary/aromatic N) is 2. The molecule has 2 aliphatic rings. The first-order valence-electron chi connectivity index (χ1n) is 12.0. The summed E-state index contributed by atoms with van der Waals surface area (Å²) >= 11 is 0. The van der Waals surface area contributed by atoms with Gasteiger partial charge in [-0.1, -0.05) is 49.4 Å². The van der Waals surface area contributed by atoms with Gasteiger partial charge < -0.3 is 4.98 Å². The van der Waals surface area contributed by atoms with Gasteiger partial charge in [0.05, 0.1) is 13.0 Å². The van der Waals surface area contributed by atoms with Gasteiger partial charge in [-0.05, 0) is 61.1 Å². The van der Waals surface area contributed by atoms with E-state index in [9.17, 15) is 9.18 Å². The average Bonchev–Trinajstić information content (AvgIpc) is 3.07. The predicted molar refractivity (Wildman–Crippen MR) is 137 cm³/mol. The van der Waals surface area contributed by atoms with Crippen LogP contribution in [-0.2, 0) is 0 Å². The van der Waals surface area contributed by atoms with E-state index in [1.54, 1.807) is 12.1 Å². The molecule has 1 N–H and O–H groups in total. The van der Waals surface area contributed by atoms with E-state index in [1.807, 2.05) is 11.8 Å². The highest BCUT2D eigenvalue weighted by molar-refractivity contribution is 5.85. The lowest BCUT2D eigenvalue weighted by molar-refractivity contribution is 0.198. The number of nitrogens with one attached hydrogen (secondary N) is 1. The first-order chi connectivity index (χ1) is 16.2. The molecule has 4 nitrogen and oxygen atoms in total. The zero-order chi connectivity index (χ0) is 24.4. The maximum Gasteiger partial charge on any atom is 0.600 e. The minimum absolute atomic E-state index is 0.0303.